The first-order valence-electron chi connectivity index (χ1n) is 10.5. The predicted octanol–water partition coefficient (Wildman–Crippen LogP) is 4.93. The summed E-state index contributed by atoms with van der Waals surface area (Å²) in [4.78, 5) is 13.7. The summed E-state index contributed by atoms with van der Waals surface area (Å²) in [5.74, 6) is 2.43. The van der Waals surface area contributed by atoms with Gasteiger partial charge in [-0.1, -0.05) is 23.7 Å². The fourth-order valence-electron chi connectivity index (χ4n) is 4.05. The van der Waals surface area contributed by atoms with E-state index in [1.807, 2.05) is 58.8 Å². The van der Waals surface area contributed by atoms with Crippen molar-refractivity contribution >= 4 is 23.8 Å². The van der Waals surface area contributed by atoms with Crippen LogP contribution in [0.15, 0.2) is 48.9 Å². The Morgan fingerprint density at radius 3 is 2.69 bits per heavy atom. The molecule has 0 aliphatic carbocycles. The molecule has 1 atom stereocenters. The maximum Gasteiger partial charge on any atom is 0.238 e. The van der Waals surface area contributed by atoms with Crippen molar-refractivity contribution in [2.24, 2.45) is 0 Å². The SMILES string of the molecule is COc1nc(C=Cc2nc3n(n2)CCC[C@@H]3c2ccc(Cl)cc2)ccc1-n1cnc(C)c1. The van der Waals surface area contributed by atoms with Crippen LogP contribution in [0.1, 0.15) is 47.4 Å². The Morgan fingerprint density at radius 2 is 1.94 bits per heavy atom. The fourth-order valence-corrected chi connectivity index (χ4v) is 4.18. The van der Waals surface area contributed by atoms with Gasteiger partial charge in [0.2, 0.25) is 5.88 Å². The van der Waals surface area contributed by atoms with Crippen molar-refractivity contribution in [2.75, 3.05) is 7.11 Å². The van der Waals surface area contributed by atoms with Crippen molar-refractivity contribution in [3.63, 3.8) is 0 Å². The second-order valence-corrected chi connectivity index (χ2v) is 8.25. The molecule has 3 aromatic heterocycles. The molecule has 8 heteroatoms. The zero-order valence-corrected chi connectivity index (χ0v) is 18.7. The number of imidazole rings is 1. The molecule has 162 valence electrons. The fraction of sp³-hybridized carbons (Fsp3) is 0.250. The second-order valence-electron chi connectivity index (χ2n) is 7.82. The number of halogens is 1. The molecular weight excluding hydrogens is 424 g/mol. The van der Waals surface area contributed by atoms with Crippen LogP contribution in [0.25, 0.3) is 17.8 Å². The summed E-state index contributed by atoms with van der Waals surface area (Å²) in [6, 6.07) is 11.9. The molecule has 4 aromatic rings. The van der Waals surface area contributed by atoms with Crippen molar-refractivity contribution in [1.82, 2.24) is 29.3 Å². The van der Waals surface area contributed by atoms with Gasteiger partial charge >= 0.3 is 0 Å². The van der Waals surface area contributed by atoms with E-state index in [1.54, 1.807) is 13.4 Å². The molecule has 4 heterocycles. The van der Waals surface area contributed by atoms with Crippen LogP contribution in [-0.2, 0) is 6.54 Å². The van der Waals surface area contributed by atoms with Crippen LogP contribution < -0.4 is 4.74 Å². The van der Waals surface area contributed by atoms with Gasteiger partial charge in [-0.05, 0) is 61.7 Å². The summed E-state index contributed by atoms with van der Waals surface area (Å²) in [5, 5.41) is 5.43. The van der Waals surface area contributed by atoms with Crippen molar-refractivity contribution in [2.45, 2.75) is 32.2 Å². The van der Waals surface area contributed by atoms with E-state index >= 15 is 0 Å². The molecule has 0 bridgehead atoms. The lowest BCUT2D eigenvalue weighted by Crippen LogP contribution is -2.17. The van der Waals surface area contributed by atoms with Crippen LogP contribution in [0.4, 0.5) is 0 Å². The first-order chi connectivity index (χ1) is 15.6. The highest BCUT2D eigenvalue weighted by Crippen LogP contribution is 2.32. The number of pyridine rings is 1. The number of benzene rings is 1. The van der Waals surface area contributed by atoms with Crippen LogP contribution in [0.3, 0.4) is 0 Å². The van der Waals surface area contributed by atoms with Gasteiger partial charge in [0.25, 0.3) is 0 Å². The summed E-state index contributed by atoms with van der Waals surface area (Å²) in [6.45, 7) is 2.83. The first kappa shape index (κ1) is 20.5. The molecule has 1 aliphatic heterocycles. The summed E-state index contributed by atoms with van der Waals surface area (Å²) < 4.78 is 9.42. The summed E-state index contributed by atoms with van der Waals surface area (Å²) in [5.41, 5.74) is 3.76. The van der Waals surface area contributed by atoms with E-state index in [4.69, 9.17) is 26.4 Å². The smallest absolute Gasteiger partial charge is 0.238 e. The van der Waals surface area contributed by atoms with Gasteiger partial charge in [0, 0.05) is 23.7 Å². The van der Waals surface area contributed by atoms with Crippen molar-refractivity contribution in [3.05, 3.63) is 82.5 Å². The van der Waals surface area contributed by atoms with Gasteiger partial charge in [0.1, 0.15) is 11.5 Å². The third kappa shape index (κ3) is 4.03. The Hall–Kier alpha value is -3.45. The van der Waals surface area contributed by atoms with Crippen LogP contribution in [-0.4, -0.2) is 36.4 Å². The second kappa shape index (κ2) is 8.59. The zero-order valence-electron chi connectivity index (χ0n) is 17.9. The minimum absolute atomic E-state index is 0.229. The molecule has 7 nitrogen and oxygen atoms in total. The Kier molecular flexibility index (Phi) is 5.49. The number of aryl methyl sites for hydroxylation is 2. The van der Waals surface area contributed by atoms with Gasteiger partial charge in [-0.2, -0.15) is 5.10 Å². The topological polar surface area (TPSA) is 70.7 Å². The van der Waals surface area contributed by atoms with Gasteiger partial charge in [0.15, 0.2) is 5.82 Å². The Bertz CT molecular complexity index is 1270. The number of hydrogen-bond donors (Lipinski definition) is 0. The van der Waals surface area contributed by atoms with Crippen LogP contribution in [0, 0.1) is 6.92 Å². The number of nitrogens with zero attached hydrogens (tertiary/aromatic N) is 6. The normalized spacial score (nSPS) is 15.8. The molecule has 32 heavy (non-hydrogen) atoms. The molecule has 0 unspecified atom stereocenters. The highest BCUT2D eigenvalue weighted by molar-refractivity contribution is 6.30. The molecular formula is C24H23ClN6O. The minimum Gasteiger partial charge on any atom is -0.479 e. The highest BCUT2D eigenvalue weighted by atomic mass is 35.5. The maximum absolute atomic E-state index is 6.06. The van der Waals surface area contributed by atoms with E-state index in [0.717, 1.165) is 47.3 Å². The lowest BCUT2D eigenvalue weighted by Gasteiger charge is -2.22. The Morgan fingerprint density at radius 1 is 1.09 bits per heavy atom. The van der Waals surface area contributed by atoms with E-state index in [2.05, 4.69) is 22.1 Å². The van der Waals surface area contributed by atoms with Crippen molar-refractivity contribution in [3.8, 4) is 11.6 Å². The monoisotopic (exact) mass is 446 g/mol. The van der Waals surface area contributed by atoms with Gasteiger partial charge in [-0.3, -0.25) is 0 Å². The van der Waals surface area contributed by atoms with Crippen LogP contribution in [0.2, 0.25) is 5.02 Å². The van der Waals surface area contributed by atoms with E-state index in [-0.39, 0.29) is 5.92 Å². The Balaban J connectivity index is 1.40. The summed E-state index contributed by atoms with van der Waals surface area (Å²) in [7, 11) is 1.62. The van der Waals surface area contributed by atoms with Gasteiger partial charge < -0.3 is 9.30 Å². The average molecular weight is 447 g/mol. The molecule has 0 saturated carbocycles. The number of ether oxygens (including phenoxy) is 1. The third-order valence-electron chi connectivity index (χ3n) is 5.61. The number of fused-ring (bicyclic) bond motifs is 1. The van der Waals surface area contributed by atoms with Gasteiger partial charge in [-0.15, -0.1) is 0 Å². The average Bonchev–Trinajstić information content (AvgIpc) is 3.43. The molecule has 0 spiro atoms. The predicted molar refractivity (Wildman–Crippen MR) is 124 cm³/mol. The van der Waals surface area contributed by atoms with E-state index in [0.29, 0.717) is 11.7 Å². The molecule has 0 fully saturated rings. The zero-order chi connectivity index (χ0) is 22.1. The molecule has 1 aromatic carbocycles. The number of aromatic nitrogens is 6. The van der Waals surface area contributed by atoms with E-state index in [1.165, 1.54) is 5.56 Å². The summed E-state index contributed by atoms with van der Waals surface area (Å²) in [6.07, 6.45) is 9.61. The molecule has 0 radical (unpaired) electrons. The highest BCUT2D eigenvalue weighted by Gasteiger charge is 2.25. The third-order valence-corrected chi connectivity index (χ3v) is 5.86. The summed E-state index contributed by atoms with van der Waals surface area (Å²) >= 11 is 6.06. The number of methoxy groups -OCH3 is 1. The quantitative estimate of drug-likeness (QED) is 0.435. The van der Waals surface area contributed by atoms with Crippen molar-refractivity contribution < 1.29 is 4.74 Å². The largest absolute Gasteiger partial charge is 0.479 e. The minimum atomic E-state index is 0.229. The number of hydrogen-bond acceptors (Lipinski definition) is 5. The lowest BCUT2D eigenvalue weighted by molar-refractivity contribution is 0.395. The molecule has 0 N–H and O–H groups in total. The van der Waals surface area contributed by atoms with E-state index in [9.17, 15) is 0 Å². The van der Waals surface area contributed by atoms with Gasteiger partial charge in [0.05, 0.1) is 24.8 Å². The molecule has 1 aliphatic rings. The lowest BCUT2D eigenvalue weighted by atomic mass is 9.91. The van der Waals surface area contributed by atoms with Crippen molar-refractivity contribution in [1.29, 1.82) is 0 Å². The standard InChI is InChI=1S/C24H23ClN6O/c1-16-14-30(15-26-16)21-11-9-19(27-24(21)32-2)10-12-22-28-23-20(4-3-13-31(23)29-22)17-5-7-18(25)8-6-17/h5-12,14-15,20H,3-4,13H2,1-2H3/t20-/m1/s1. The Labute approximate surface area is 191 Å². The number of rotatable bonds is 5. The van der Waals surface area contributed by atoms with Crippen LogP contribution >= 0.6 is 11.6 Å². The van der Waals surface area contributed by atoms with Crippen LogP contribution in [0.5, 0.6) is 5.88 Å². The van der Waals surface area contributed by atoms with Gasteiger partial charge in [-0.25, -0.2) is 19.6 Å². The molecule has 0 amide bonds. The molecule has 0 saturated heterocycles. The van der Waals surface area contributed by atoms with E-state index < -0.39 is 0 Å². The maximum atomic E-state index is 6.06. The first-order valence-corrected chi connectivity index (χ1v) is 10.9. The molecule has 5 rings (SSSR count).